The number of carboxylic acid groups (broad SMARTS) is 1. The minimum Gasteiger partial charge on any atom is -0.481 e. The molecular weight excluding hydrogens is 298 g/mol. The lowest BCUT2D eigenvalue weighted by atomic mass is 9.98. The maximum Gasteiger partial charge on any atom is 0.307 e. The van der Waals surface area contributed by atoms with E-state index in [4.69, 9.17) is 10.8 Å². The van der Waals surface area contributed by atoms with Crippen LogP contribution in [0, 0.1) is 0 Å². The second-order valence-electron chi connectivity index (χ2n) is 5.34. The molecule has 3 N–H and O–H groups in total. The molecule has 0 heterocycles. The number of nitrogens with two attached hydrogens (primary N) is 1. The number of hydrogen-bond donors (Lipinski definition) is 2. The zero-order valence-electron chi connectivity index (χ0n) is 12.7. The fraction of sp³-hybridized carbons (Fsp3) is 0.278. The quantitative estimate of drug-likeness (QED) is 0.853. The third-order valence-corrected chi connectivity index (χ3v) is 3.59. The van der Waals surface area contributed by atoms with Gasteiger partial charge in [0.05, 0.1) is 6.42 Å². The highest BCUT2D eigenvalue weighted by Gasteiger charge is 2.05. The third kappa shape index (κ3) is 5.17. The van der Waals surface area contributed by atoms with Crippen molar-refractivity contribution in [3.05, 3.63) is 59.7 Å². The molecule has 0 aliphatic carbocycles. The smallest absolute Gasteiger partial charge is 0.307 e. The first-order valence-corrected chi connectivity index (χ1v) is 7.24. The minimum absolute atomic E-state index is 0. The maximum atomic E-state index is 10.8. The molecule has 3 nitrogen and oxygen atoms in total. The van der Waals surface area contributed by atoms with Gasteiger partial charge in [-0.2, -0.15) is 0 Å². The molecule has 2 rings (SSSR count). The van der Waals surface area contributed by atoms with Crippen molar-refractivity contribution in [3.63, 3.8) is 0 Å². The van der Waals surface area contributed by atoms with Crippen LogP contribution >= 0.6 is 12.4 Å². The van der Waals surface area contributed by atoms with Crippen LogP contribution in [0.25, 0.3) is 11.1 Å². The first kappa shape index (κ1) is 18.2. The Hall–Kier alpha value is -1.84. The van der Waals surface area contributed by atoms with E-state index in [2.05, 4.69) is 31.2 Å². The van der Waals surface area contributed by atoms with Gasteiger partial charge in [0, 0.05) is 6.04 Å². The summed E-state index contributed by atoms with van der Waals surface area (Å²) in [6.45, 7) is 2.09. The fourth-order valence-corrected chi connectivity index (χ4v) is 2.32. The first-order valence-electron chi connectivity index (χ1n) is 7.24. The molecule has 0 aliphatic rings. The number of rotatable bonds is 6. The summed E-state index contributed by atoms with van der Waals surface area (Å²) in [5.41, 5.74) is 10.1. The Kier molecular flexibility index (Phi) is 7.09. The van der Waals surface area contributed by atoms with Gasteiger partial charge in [-0.3, -0.25) is 4.79 Å². The molecule has 118 valence electrons. The summed E-state index contributed by atoms with van der Waals surface area (Å²) in [6.07, 6.45) is 1.91. The molecular formula is C18H22ClNO2. The molecule has 0 fully saturated rings. The summed E-state index contributed by atoms with van der Waals surface area (Å²) in [5.74, 6) is -0.809. The first-order chi connectivity index (χ1) is 10.1. The minimum atomic E-state index is -0.809. The van der Waals surface area contributed by atoms with E-state index in [0.29, 0.717) is 0 Å². The number of hydrogen-bond acceptors (Lipinski definition) is 2. The highest BCUT2D eigenvalue weighted by molar-refractivity contribution is 5.85. The molecule has 22 heavy (non-hydrogen) atoms. The van der Waals surface area contributed by atoms with E-state index in [1.807, 2.05) is 24.3 Å². The third-order valence-electron chi connectivity index (χ3n) is 3.59. The Morgan fingerprint density at radius 3 is 2.36 bits per heavy atom. The van der Waals surface area contributed by atoms with E-state index in [-0.39, 0.29) is 24.9 Å². The van der Waals surface area contributed by atoms with Gasteiger partial charge >= 0.3 is 5.97 Å². The summed E-state index contributed by atoms with van der Waals surface area (Å²) in [4.78, 5) is 10.8. The van der Waals surface area contributed by atoms with Crippen molar-refractivity contribution in [2.24, 2.45) is 5.73 Å². The molecule has 1 unspecified atom stereocenters. The van der Waals surface area contributed by atoms with Crippen LogP contribution in [0.4, 0.5) is 0 Å². The predicted molar refractivity (Wildman–Crippen MR) is 92.4 cm³/mol. The highest BCUT2D eigenvalue weighted by Crippen LogP contribution is 2.21. The number of benzene rings is 2. The van der Waals surface area contributed by atoms with E-state index < -0.39 is 5.97 Å². The van der Waals surface area contributed by atoms with Gasteiger partial charge in [-0.05, 0) is 35.1 Å². The van der Waals surface area contributed by atoms with Crippen LogP contribution in [-0.4, -0.2) is 17.1 Å². The van der Waals surface area contributed by atoms with Crippen molar-refractivity contribution in [1.82, 2.24) is 0 Å². The lowest BCUT2D eigenvalue weighted by Gasteiger charge is -2.10. The summed E-state index contributed by atoms with van der Waals surface area (Å²) in [6, 6.07) is 16.2. The van der Waals surface area contributed by atoms with E-state index in [1.165, 1.54) is 5.56 Å². The molecule has 4 heteroatoms. The molecule has 0 aromatic heterocycles. The van der Waals surface area contributed by atoms with Crippen LogP contribution in [0.15, 0.2) is 48.5 Å². The fourth-order valence-electron chi connectivity index (χ4n) is 2.32. The van der Waals surface area contributed by atoms with Crippen LogP contribution in [0.5, 0.6) is 0 Å². The lowest BCUT2D eigenvalue weighted by molar-refractivity contribution is -0.136. The van der Waals surface area contributed by atoms with Gasteiger partial charge in [-0.25, -0.2) is 0 Å². The van der Waals surface area contributed by atoms with Gasteiger partial charge in [0.25, 0.3) is 0 Å². The van der Waals surface area contributed by atoms with Gasteiger partial charge in [0.15, 0.2) is 0 Å². The lowest BCUT2D eigenvalue weighted by Crippen LogP contribution is -2.21. The molecule has 0 spiro atoms. The van der Waals surface area contributed by atoms with E-state index >= 15 is 0 Å². The Labute approximate surface area is 137 Å². The van der Waals surface area contributed by atoms with E-state index in [9.17, 15) is 4.79 Å². The summed E-state index contributed by atoms with van der Waals surface area (Å²) in [7, 11) is 0. The maximum absolute atomic E-state index is 10.8. The molecule has 0 aliphatic heterocycles. The topological polar surface area (TPSA) is 63.3 Å². The van der Waals surface area contributed by atoms with Crippen molar-refractivity contribution < 1.29 is 9.90 Å². The molecule has 0 radical (unpaired) electrons. The molecule has 0 saturated heterocycles. The average molecular weight is 320 g/mol. The zero-order valence-corrected chi connectivity index (χ0v) is 13.5. The Morgan fingerprint density at radius 2 is 1.77 bits per heavy atom. The average Bonchev–Trinajstić information content (AvgIpc) is 2.47. The number of carboxylic acids is 1. The normalized spacial score (nSPS) is 11.5. The molecule has 0 bridgehead atoms. The highest BCUT2D eigenvalue weighted by atomic mass is 35.5. The predicted octanol–water partition coefficient (Wildman–Crippen LogP) is 3.68. The largest absolute Gasteiger partial charge is 0.481 e. The number of aliphatic carboxylic acids is 1. The summed E-state index contributed by atoms with van der Waals surface area (Å²) in [5, 5.41) is 8.86. The van der Waals surface area contributed by atoms with Crippen molar-refractivity contribution in [2.45, 2.75) is 32.2 Å². The molecule has 0 saturated carbocycles. The SMILES string of the molecule is CCC(N)Cc1ccc(-c2cccc(CC(=O)O)c2)cc1.Cl. The van der Waals surface area contributed by atoms with Crippen LogP contribution in [0.3, 0.4) is 0 Å². The van der Waals surface area contributed by atoms with Crippen LogP contribution < -0.4 is 5.73 Å². The van der Waals surface area contributed by atoms with Crippen LogP contribution in [0.2, 0.25) is 0 Å². The number of carbonyl (C=O) groups is 1. The van der Waals surface area contributed by atoms with Gasteiger partial charge in [-0.1, -0.05) is 55.5 Å². The molecule has 1 atom stereocenters. The van der Waals surface area contributed by atoms with Gasteiger partial charge in [0.1, 0.15) is 0 Å². The van der Waals surface area contributed by atoms with Crippen molar-refractivity contribution >= 4 is 18.4 Å². The van der Waals surface area contributed by atoms with E-state index in [1.54, 1.807) is 0 Å². The molecule has 2 aromatic carbocycles. The van der Waals surface area contributed by atoms with Gasteiger partial charge < -0.3 is 10.8 Å². The molecule has 2 aromatic rings. The zero-order chi connectivity index (χ0) is 15.2. The van der Waals surface area contributed by atoms with Crippen molar-refractivity contribution in [3.8, 4) is 11.1 Å². The van der Waals surface area contributed by atoms with Gasteiger partial charge in [0.2, 0.25) is 0 Å². The van der Waals surface area contributed by atoms with Crippen LogP contribution in [0.1, 0.15) is 24.5 Å². The summed E-state index contributed by atoms with van der Waals surface area (Å²) >= 11 is 0. The van der Waals surface area contributed by atoms with Gasteiger partial charge in [-0.15, -0.1) is 12.4 Å². The summed E-state index contributed by atoms with van der Waals surface area (Å²) < 4.78 is 0. The van der Waals surface area contributed by atoms with Crippen LogP contribution in [-0.2, 0) is 17.6 Å². The Bertz CT molecular complexity index is 611. The second-order valence-corrected chi connectivity index (χ2v) is 5.34. The van der Waals surface area contributed by atoms with Crippen molar-refractivity contribution in [2.75, 3.05) is 0 Å². The number of halogens is 1. The second kappa shape index (κ2) is 8.57. The molecule has 0 amide bonds. The standard InChI is InChI=1S/C18H21NO2.ClH/c1-2-17(19)11-13-6-8-15(9-7-13)16-5-3-4-14(10-16)12-18(20)21;/h3-10,17H,2,11-12,19H2,1H3,(H,20,21);1H. The monoisotopic (exact) mass is 319 g/mol. The van der Waals surface area contributed by atoms with Crippen molar-refractivity contribution in [1.29, 1.82) is 0 Å². The Morgan fingerprint density at radius 1 is 1.09 bits per heavy atom. The Balaban J connectivity index is 0.00000242. The van der Waals surface area contributed by atoms with E-state index in [0.717, 1.165) is 29.5 Å².